The van der Waals surface area contributed by atoms with Crippen LogP contribution in [0.15, 0.2) is 53.9 Å². The zero-order valence-electron chi connectivity index (χ0n) is 16.2. The summed E-state index contributed by atoms with van der Waals surface area (Å²) >= 11 is 1.51. The van der Waals surface area contributed by atoms with E-state index >= 15 is 0 Å². The number of rotatable bonds is 9. The highest BCUT2D eigenvalue weighted by molar-refractivity contribution is 7.13. The molecule has 3 N–H and O–H groups in total. The third-order valence-corrected chi connectivity index (χ3v) is 5.19. The fraction of sp³-hybridized carbons (Fsp3) is 0.227. The number of ether oxygens (including phenoxy) is 1. The summed E-state index contributed by atoms with van der Waals surface area (Å²) in [4.78, 5) is 28.0. The van der Waals surface area contributed by atoms with E-state index in [2.05, 4.69) is 10.3 Å². The summed E-state index contributed by atoms with van der Waals surface area (Å²) in [5, 5.41) is 5.67. The lowest BCUT2D eigenvalue weighted by Gasteiger charge is -2.05. The average Bonchev–Trinajstić information content (AvgIpc) is 3.17. The normalized spacial score (nSPS) is 10.5. The number of benzene rings is 2. The monoisotopic (exact) mass is 409 g/mol. The van der Waals surface area contributed by atoms with Crippen LogP contribution in [0.5, 0.6) is 5.75 Å². The van der Waals surface area contributed by atoms with E-state index in [1.54, 1.807) is 18.2 Å². The Labute approximate surface area is 173 Å². The largest absolute Gasteiger partial charge is 0.494 e. The van der Waals surface area contributed by atoms with Crippen LogP contribution in [-0.2, 0) is 17.6 Å². The summed E-state index contributed by atoms with van der Waals surface area (Å²) in [6.45, 7) is 3.06. The van der Waals surface area contributed by atoms with Gasteiger partial charge in [0.05, 0.1) is 18.7 Å². The highest BCUT2D eigenvalue weighted by atomic mass is 32.1. The Morgan fingerprint density at radius 2 is 1.97 bits per heavy atom. The van der Waals surface area contributed by atoms with Crippen LogP contribution in [0.4, 0.5) is 0 Å². The van der Waals surface area contributed by atoms with Crippen molar-refractivity contribution in [3.05, 3.63) is 70.7 Å². The SMILES string of the molecule is CCOc1ccc(-c2nc(CC(=O)NCCc3cccc(C(N)=O)c3)cs2)cc1. The molecule has 0 bridgehead atoms. The number of hydrogen-bond donors (Lipinski definition) is 2. The van der Waals surface area contributed by atoms with Crippen LogP contribution < -0.4 is 15.8 Å². The average molecular weight is 410 g/mol. The van der Waals surface area contributed by atoms with E-state index in [1.165, 1.54) is 11.3 Å². The fourth-order valence-corrected chi connectivity index (χ4v) is 3.66. The molecule has 29 heavy (non-hydrogen) atoms. The van der Waals surface area contributed by atoms with Crippen LogP contribution in [0.3, 0.4) is 0 Å². The fourth-order valence-electron chi connectivity index (χ4n) is 2.83. The van der Waals surface area contributed by atoms with E-state index in [-0.39, 0.29) is 12.3 Å². The molecule has 0 spiro atoms. The molecule has 0 unspecified atom stereocenters. The number of thiazole rings is 1. The van der Waals surface area contributed by atoms with Crippen LogP contribution in [0.25, 0.3) is 10.6 Å². The van der Waals surface area contributed by atoms with E-state index in [1.807, 2.05) is 42.6 Å². The lowest BCUT2D eigenvalue weighted by atomic mass is 10.1. The Morgan fingerprint density at radius 3 is 2.69 bits per heavy atom. The van der Waals surface area contributed by atoms with Crippen LogP contribution in [-0.4, -0.2) is 29.9 Å². The second kappa shape index (κ2) is 9.84. The molecule has 0 radical (unpaired) electrons. The molecule has 6 nitrogen and oxygen atoms in total. The van der Waals surface area contributed by atoms with Crippen LogP contribution in [0, 0.1) is 0 Å². The number of nitrogens with two attached hydrogens (primary N) is 1. The molecule has 0 saturated carbocycles. The van der Waals surface area contributed by atoms with Crippen molar-refractivity contribution in [3.8, 4) is 16.3 Å². The van der Waals surface area contributed by atoms with Crippen LogP contribution >= 0.6 is 11.3 Å². The third kappa shape index (κ3) is 5.89. The van der Waals surface area contributed by atoms with Crippen molar-refractivity contribution in [1.82, 2.24) is 10.3 Å². The predicted molar refractivity (Wildman–Crippen MR) is 114 cm³/mol. The van der Waals surface area contributed by atoms with E-state index in [9.17, 15) is 9.59 Å². The summed E-state index contributed by atoms with van der Waals surface area (Å²) < 4.78 is 5.45. The first-order chi connectivity index (χ1) is 14.0. The second-order valence-electron chi connectivity index (χ2n) is 6.44. The van der Waals surface area contributed by atoms with Gasteiger partial charge in [0, 0.05) is 23.1 Å². The number of hydrogen-bond acceptors (Lipinski definition) is 5. The van der Waals surface area contributed by atoms with Crippen molar-refractivity contribution < 1.29 is 14.3 Å². The smallest absolute Gasteiger partial charge is 0.248 e. The highest BCUT2D eigenvalue weighted by Crippen LogP contribution is 2.26. The Bertz CT molecular complexity index is 983. The van der Waals surface area contributed by atoms with Gasteiger partial charge in [-0.3, -0.25) is 9.59 Å². The van der Waals surface area contributed by atoms with Crippen molar-refractivity contribution >= 4 is 23.2 Å². The van der Waals surface area contributed by atoms with Gasteiger partial charge in [0.15, 0.2) is 0 Å². The van der Waals surface area contributed by atoms with Crippen molar-refractivity contribution in [1.29, 1.82) is 0 Å². The topological polar surface area (TPSA) is 94.3 Å². The molecule has 0 aliphatic heterocycles. The molecule has 1 heterocycles. The molecular formula is C22H23N3O3S. The summed E-state index contributed by atoms with van der Waals surface area (Å²) in [5.74, 6) is 0.288. The molecule has 7 heteroatoms. The lowest BCUT2D eigenvalue weighted by molar-refractivity contribution is -0.120. The summed E-state index contributed by atoms with van der Waals surface area (Å²) in [6.07, 6.45) is 0.857. The molecule has 150 valence electrons. The number of nitrogens with zero attached hydrogens (tertiary/aromatic N) is 1. The van der Waals surface area contributed by atoms with Gasteiger partial charge in [-0.25, -0.2) is 4.98 Å². The Morgan fingerprint density at radius 1 is 1.17 bits per heavy atom. The molecule has 0 saturated heterocycles. The summed E-state index contributed by atoms with van der Waals surface area (Å²) in [6, 6.07) is 14.9. The molecule has 3 aromatic rings. The number of carbonyl (C=O) groups is 2. The molecule has 0 aliphatic rings. The maximum Gasteiger partial charge on any atom is 0.248 e. The first kappa shape index (κ1) is 20.5. The van der Waals surface area contributed by atoms with Gasteiger partial charge in [0.2, 0.25) is 11.8 Å². The molecule has 3 rings (SSSR count). The molecule has 0 fully saturated rings. The summed E-state index contributed by atoms with van der Waals surface area (Å²) in [7, 11) is 0. The first-order valence-electron chi connectivity index (χ1n) is 9.38. The lowest BCUT2D eigenvalue weighted by Crippen LogP contribution is -2.27. The van der Waals surface area contributed by atoms with Gasteiger partial charge in [-0.15, -0.1) is 11.3 Å². The maximum absolute atomic E-state index is 12.2. The van der Waals surface area contributed by atoms with Crippen molar-refractivity contribution in [3.63, 3.8) is 0 Å². The minimum absolute atomic E-state index is 0.0837. The van der Waals surface area contributed by atoms with Crippen LogP contribution in [0.1, 0.15) is 28.5 Å². The van der Waals surface area contributed by atoms with Crippen LogP contribution in [0.2, 0.25) is 0 Å². The second-order valence-corrected chi connectivity index (χ2v) is 7.30. The zero-order chi connectivity index (χ0) is 20.6. The molecule has 0 atom stereocenters. The quantitative estimate of drug-likeness (QED) is 0.567. The van der Waals surface area contributed by atoms with Crippen molar-refractivity contribution in [2.45, 2.75) is 19.8 Å². The van der Waals surface area contributed by atoms with Gasteiger partial charge in [0.1, 0.15) is 10.8 Å². The van der Waals surface area contributed by atoms with Gasteiger partial charge in [-0.1, -0.05) is 12.1 Å². The van der Waals surface area contributed by atoms with Gasteiger partial charge in [-0.2, -0.15) is 0 Å². The molecular weight excluding hydrogens is 386 g/mol. The molecule has 2 aromatic carbocycles. The van der Waals surface area contributed by atoms with Gasteiger partial charge in [0.25, 0.3) is 0 Å². The Balaban J connectivity index is 1.50. The Kier molecular flexibility index (Phi) is 6.97. The predicted octanol–water partition coefficient (Wildman–Crippen LogP) is 3.21. The van der Waals surface area contributed by atoms with Gasteiger partial charge < -0.3 is 15.8 Å². The molecule has 1 aromatic heterocycles. The zero-order valence-corrected chi connectivity index (χ0v) is 17.0. The molecule has 0 aliphatic carbocycles. The Hall–Kier alpha value is -3.19. The van der Waals surface area contributed by atoms with Gasteiger partial charge in [-0.05, 0) is 55.3 Å². The number of primary amides is 1. The minimum Gasteiger partial charge on any atom is -0.494 e. The number of carbonyl (C=O) groups excluding carboxylic acids is 2. The first-order valence-corrected chi connectivity index (χ1v) is 10.3. The minimum atomic E-state index is -0.456. The van der Waals surface area contributed by atoms with E-state index in [0.717, 1.165) is 27.6 Å². The van der Waals surface area contributed by atoms with Crippen molar-refractivity contribution in [2.24, 2.45) is 5.73 Å². The maximum atomic E-state index is 12.2. The van der Waals surface area contributed by atoms with Crippen molar-refractivity contribution in [2.75, 3.05) is 13.2 Å². The van der Waals surface area contributed by atoms with Gasteiger partial charge >= 0.3 is 0 Å². The number of amides is 2. The van der Waals surface area contributed by atoms with E-state index < -0.39 is 5.91 Å². The van der Waals surface area contributed by atoms with E-state index in [4.69, 9.17) is 10.5 Å². The highest BCUT2D eigenvalue weighted by Gasteiger charge is 2.09. The summed E-state index contributed by atoms with van der Waals surface area (Å²) in [5.41, 5.74) is 8.45. The number of nitrogens with one attached hydrogen (secondary N) is 1. The number of aromatic nitrogens is 1. The standard InChI is InChI=1S/C22H23N3O3S/c1-2-28-19-8-6-16(7-9-19)22-25-18(14-29-22)13-20(26)24-11-10-15-4-3-5-17(12-15)21(23)27/h3-9,12,14H,2,10-11,13H2,1H3,(H2,23,27)(H,24,26). The molecule has 2 amide bonds. The third-order valence-electron chi connectivity index (χ3n) is 4.25. The van der Waals surface area contributed by atoms with E-state index in [0.29, 0.717) is 25.1 Å².